The summed E-state index contributed by atoms with van der Waals surface area (Å²) in [5.74, 6) is -0.365. The Kier molecular flexibility index (Phi) is 4.28. The van der Waals surface area contributed by atoms with Crippen LogP contribution in [0, 0.1) is 5.82 Å². The van der Waals surface area contributed by atoms with Gasteiger partial charge in [-0.25, -0.2) is 4.39 Å². The van der Waals surface area contributed by atoms with Crippen molar-refractivity contribution >= 4 is 5.91 Å². The summed E-state index contributed by atoms with van der Waals surface area (Å²) < 4.78 is 18.4. The van der Waals surface area contributed by atoms with Gasteiger partial charge in [0.15, 0.2) is 0 Å². The van der Waals surface area contributed by atoms with E-state index >= 15 is 0 Å². The Bertz CT molecular complexity index is 419. The first-order valence-electron chi connectivity index (χ1n) is 5.98. The maximum atomic E-state index is 13.0. The highest BCUT2D eigenvalue weighted by molar-refractivity contribution is 5.81. The van der Waals surface area contributed by atoms with Crippen molar-refractivity contribution in [3.8, 4) is 0 Å². The van der Waals surface area contributed by atoms with E-state index in [1.807, 2.05) is 0 Å². The number of benzene rings is 1. The van der Waals surface area contributed by atoms with Crippen LogP contribution in [0.5, 0.6) is 0 Å². The third-order valence-corrected chi connectivity index (χ3v) is 2.89. The van der Waals surface area contributed by atoms with E-state index in [0.29, 0.717) is 19.7 Å². The number of likely N-dealkylation sites (N-methyl/N-ethyl adjacent to an activating group) is 1. The predicted octanol–water partition coefficient (Wildman–Crippen LogP) is 0.772. The molecule has 0 radical (unpaired) electrons. The SMILES string of the molecule is CN(Cc1cccc(F)c1)C(=O)C1CNCCO1. The average molecular weight is 252 g/mol. The van der Waals surface area contributed by atoms with E-state index in [1.54, 1.807) is 24.1 Å². The second-order valence-electron chi connectivity index (χ2n) is 4.39. The lowest BCUT2D eigenvalue weighted by molar-refractivity contribution is -0.144. The molecule has 1 aromatic carbocycles. The molecule has 1 saturated heterocycles. The molecule has 1 aromatic rings. The highest BCUT2D eigenvalue weighted by Crippen LogP contribution is 2.08. The average Bonchev–Trinajstić information content (AvgIpc) is 2.39. The van der Waals surface area contributed by atoms with E-state index in [4.69, 9.17) is 4.74 Å². The lowest BCUT2D eigenvalue weighted by Crippen LogP contribution is -2.48. The number of carbonyl (C=O) groups is 1. The minimum Gasteiger partial charge on any atom is -0.366 e. The van der Waals surface area contributed by atoms with Crippen molar-refractivity contribution in [2.45, 2.75) is 12.6 Å². The van der Waals surface area contributed by atoms with Gasteiger partial charge in [0.25, 0.3) is 5.91 Å². The molecule has 1 aliphatic rings. The van der Waals surface area contributed by atoms with Gasteiger partial charge in [0.1, 0.15) is 11.9 Å². The number of nitrogens with one attached hydrogen (secondary N) is 1. The topological polar surface area (TPSA) is 41.6 Å². The summed E-state index contributed by atoms with van der Waals surface area (Å²) in [5.41, 5.74) is 0.773. The molecular formula is C13H17FN2O2. The molecule has 1 aliphatic heterocycles. The van der Waals surface area contributed by atoms with E-state index < -0.39 is 6.10 Å². The fourth-order valence-electron chi connectivity index (χ4n) is 1.96. The Morgan fingerprint density at radius 1 is 1.61 bits per heavy atom. The maximum Gasteiger partial charge on any atom is 0.253 e. The first kappa shape index (κ1) is 13.0. The Hall–Kier alpha value is -1.46. The summed E-state index contributed by atoms with van der Waals surface area (Å²) in [6.45, 7) is 2.24. The number of amides is 1. The Balaban J connectivity index is 1.94. The zero-order valence-corrected chi connectivity index (χ0v) is 10.4. The van der Waals surface area contributed by atoms with Gasteiger partial charge in [-0.15, -0.1) is 0 Å². The summed E-state index contributed by atoms with van der Waals surface area (Å²) in [6, 6.07) is 6.26. The van der Waals surface area contributed by atoms with Crippen LogP contribution >= 0.6 is 0 Å². The minimum atomic E-state index is -0.433. The highest BCUT2D eigenvalue weighted by Gasteiger charge is 2.24. The number of ether oxygens (including phenoxy) is 1. The molecule has 1 fully saturated rings. The van der Waals surface area contributed by atoms with Gasteiger partial charge in [-0.05, 0) is 17.7 Å². The summed E-state index contributed by atoms with van der Waals surface area (Å²) in [5, 5.41) is 3.11. The molecule has 18 heavy (non-hydrogen) atoms. The van der Waals surface area contributed by atoms with Crippen LogP contribution < -0.4 is 5.32 Å². The van der Waals surface area contributed by atoms with Gasteiger partial charge in [-0.1, -0.05) is 12.1 Å². The molecule has 0 saturated carbocycles. The normalized spacial score (nSPS) is 19.6. The van der Waals surface area contributed by atoms with Crippen molar-refractivity contribution in [1.29, 1.82) is 0 Å². The van der Waals surface area contributed by atoms with E-state index in [2.05, 4.69) is 5.32 Å². The Morgan fingerprint density at radius 2 is 2.44 bits per heavy atom. The number of carbonyl (C=O) groups excluding carboxylic acids is 1. The molecule has 5 heteroatoms. The molecular weight excluding hydrogens is 235 g/mol. The summed E-state index contributed by atoms with van der Waals surface area (Å²) in [6.07, 6.45) is -0.433. The number of hydrogen-bond donors (Lipinski definition) is 1. The van der Waals surface area contributed by atoms with E-state index in [1.165, 1.54) is 12.1 Å². The molecule has 1 heterocycles. The van der Waals surface area contributed by atoms with Crippen molar-refractivity contribution in [2.24, 2.45) is 0 Å². The number of rotatable bonds is 3. The number of nitrogens with zero attached hydrogens (tertiary/aromatic N) is 1. The smallest absolute Gasteiger partial charge is 0.253 e. The molecule has 4 nitrogen and oxygen atoms in total. The van der Waals surface area contributed by atoms with Crippen LogP contribution in [0.1, 0.15) is 5.56 Å². The van der Waals surface area contributed by atoms with Gasteiger partial charge < -0.3 is 15.0 Å². The quantitative estimate of drug-likeness (QED) is 0.864. The number of morpholine rings is 1. The van der Waals surface area contributed by atoms with Gasteiger partial charge in [0.05, 0.1) is 6.61 Å². The maximum absolute atomic E-state index is 13.0. The van der Waals surface area contributed by atoms with Crippen LogP contribution in [-0.4, -0.2) is 43.7 Å². The fraction of sp³-hybridized carbons (Fsp3) is 0.462. The lowest BCUT2D eigenvalue weighted by Gasteiger charge is -2.27. The first-order valence-corrected chi connectivity index (χ1v) is 5.98. The molecule has 0 aromatic heterocycles. The number of hydrogen-bond acceptors (Lipinski definition) is 3. The van der Waals surface area contributed by atoms with Crippen LogP contribution in [0.3, 0.4) is 0 Å². The van der Waals surface area contributed by atoms with Crippen LogP contribution in [0.2, 0.25) is 0 Å². The molecule has 0 spiro atoms. The number of halogens is 1. The molecule has 98 valence electrons. The van der Waals surface area contributed by atoms with Crippen LogP contribution in [0.25, 0.3) is 0 Å². The highest BCUT2D eigenvalue weighted by atomic mass is 19.1. The van der Waals surface area contributed by atoms with Gasteiger partial charge in [0.2, 0.25) is 0 Å². The monoisotopic (exact) mass is 252 g/mol. The van der Waals surface area contributed by atoms with Crippen LogP contribution in [0.4, 0.5) is 4.39 Å². The van der Waals surface area contributed by atoms with Crippen molar-refractivity contribution in [3.63, 3.8) is 0 Å². The summed E-state index contributed by atoms with van der Waals surface area (Å²) >= 11 is 0. The van der Waals surface area contributed by atoms with E-state index in [0.717, 1.165) is 12.1 Å². The lowest BCUT2D eigenvalue weighted by atomic mass is 10.2. The fourth-order valence-corrected chi connectivity index (χ4v) is 1.96. The second-order valence-corrected chi connectivity index (χ2v) is 4.39. The molecule has 2 rings (SSSR count). The zero-order chi connectivity index (χ0) is 13.0. The third kappa shape index (κ3) is 3.27. The molecule has 0 bridgehead atoms. The Labute approximate surface area is 106 Å². The standard InChI is InChI=1S/C13H17FN2O2/c1-16(9-10-3-2-4-11(14)7-10)13(17)12-8-15-5-6-18-12/h2-4,7,12,15H,5-6,8-9H2,1H3. The molecule has 1 amide bonds. The molecule has 0 aliphatic carbocycles. The van der Waals surface area contributed by atoms with Gasteiger partial charge >= 0.3 is 0 Å². The minimum absolute atomic E-state index is 0.0774. The largest absolute Gasteiger partial charge is 0.366 e. The third-order valence-electron chi connectivity index (χ3n) is 2.89. The second kappa shape index (κ2) is 5.93. The van der Waals surface area contributed by atoms with Crippen molar-refractivity contribution in [1.82, 2.24) is 10.2 Å². The Morgan fingerprint density at radius 3 is 3.11 bits per heavy atom. The molecule has 1 N–H and O–H groups in total. The molecule has 1 unspecified atom stereocenters. The van der Waals surface area contributed by atoms with Gasteiger partial charge in [-0.3, -0.25) is 4.79 Å². The van der Waals surface area contributed by atoms with Crippen LogP contribution in [0.15, 0.2) is 24.3 Å². The van der Waals surface area contributed by atoms with Gasteiger partial charge in [0, 0.05) is 26.7 Å². The van der Waals surface area contributed by atoms with E-state index in [-0.39, 0.29) is 11.7 Å². The summed E-state index contributed by atoms with van der Waals surface area (Å²) in [7, 11) is 1.70. The zero-order valence-electron chi connectivity index (χ0n) is 10.4. The summed E-state index contributed by atoms with van der Waals surface area (Å²) in [4.78, 5) is 13.6. The van der Waals surface area contributed by atoms with Crippen molar-refractivity contribution < 1.29 is 13.9 Å². The van der Waals surface area contributed by atoms with Gasteiger partial charge in [-0.2, -0.15) is 0 Å². The first-order chi connectivity index (χ1) is 8.66. The molecule has 1 atom stereocenters. The van der Waals surface area contributed by atoms with E-state index in [9.17, 15) is 9.18 Å². The van der Waals surface area contributed by atoms with Crippen LogP contribution in [-0.2, 0) is 16.1 Å². The van der Waals surface area contributed by atoms with Crippen molar-refractivity contribution in [2.75, 3.05) is 26.7 Å². The van der Waals surface area contributed by atoms with Crippen molar-refractivity contribution in [3.05, 3.63) is 35.6 Å². The predicted molar refractivity (Wildman–Crippen MR) is 65.5 cm³/mol.